The molecule has 0 atom stereocenters. The van der Waals surface area contributed by atoms with Crippen LogP contribution in [0.1, 0.15) is 31.9 Å². The zero-order valence-corrected chi connectivity index (χ0v) is 30.7. The van der Waals surface area contributed by atoms with Gasteiger partial charge in [-0.25, -0.2) is 0 Å². The maximum atomic E-state index is 2.20. The molecule has 0 unspecified atom stereocenters. The van der Waals surface area contributed by atoms with Crippen molar-refractivity contribution in [3.05, 3.63) is 229 Å². The number of rotatable bonds is 5. The normalized spacial score (nSPS) is 9.98. The lowest BCUT2D eigenvalue weighted by atomic mass is 9.98. The van der Waals surface area contributed by atoms with Gasteiger partial charge in [-0.1, -0.05) is 229 Å². The van der Waals surface area contributed by atoms with E-state index in [-0.39, 0.29) is 0 Å². The van der Waals surface area contributed by atoms with Crippen LogP contribution in [0.15, 0.2) is 218 Å². The Morgan fingerprint density at radius 1 is 0.314 bits per heavy atom. The smallest absolute Gasteiger partial charge is 0.0184 e. The van der Waals surface area contributed by atoms with Crippen molar-refractivity contribution in [3.63, 3.8) is 0 Å². The van der Waals surface area contributed by atoms with Gasteiger partial charge in [0.25, 0.3) is 0 Å². The highest BCUT2D eigenvalue weighted by molar-refractivity contribution is 5.73. The number of hydrogen-bond acceptors (Lipinski definition) is 0. The van der Waals surface area contributed by atoms with Gasteiger partial charge < -0.3 is 0 Å². The van der Waals surface area contributed by atoms with E-state index in [1.54, 1.807) is 0 Å². The highest BCUT2D eigenvalue weighted by Gasteiger charge is 2.02. The van der Waals surface area contributed by atoms with Gasteiger partial charge in [-0.15, -0.1) is 0 Å². The fraction of sp³-hybridized carbons (Fsp3) is 0.0980. The van der Waals surface area contributed by atoms with E-state index in [1.165, 1.54) is 61.2 Å². The Balaban J connectivity index is 0.000000185. The second kappa shape index (κ2) is 21.2. The predicted octanol–water partition coefficient (Wildman–Crippen LogP) is 14.9. The van der Waals surface area contributed by atoms with Crippen LogP contribution >= 0.6 is 0 Å². The van der Waals surface area contributed by atoms with Crippen LogP contribution in [-0.2, 0) is 0 Å². The molecule has 51 heavy (non-hydrogen) atoms. The number of allylic oxidation sites excluding steroid dienone is 4. The summed E-state index contributed by atoms with van der Waals surface area (Å²) in [6.07, 6.45) is 6.14. The second-order valence-corrected chi connectivity index (χ2v) is 12.5. The van der Waals surface area contributed by atoms with Gasteiger partial charge in [0.15, 0.2) is 0 Å². The molecule has 0 aromatic heterocycles. The summed E-state index contributed by atoms with van der Waals surface area (Å²) < 4.78 is 0. The lowest BCUT2D eigenvalue weighted by Gasteiger charge is -2.07. The molecule has 0 heteroatoms. The van der Waals surface area contributed by atoms with Crippen LogP contribution in [-0.4, -0.2) is 0 Å². The quantitative estimate of drug-likeness (QED) is 0.161. The van der Waals surface area contributed by atoms with Crippen LogP contribution in [0.25, 0.3) is 44.5 Å². The van der Waals surface area contributed by atoms with Crippen LogP contribution < -0.4 is 0 Å². The minimum Gasteiger partial charge on any atom is -0.0877 e. The van der Waals surface area contributed by atoms with E-state index < -0.39 is 0 Å². The first-order valence-electron chi connectivity index (χ1n) is 17.6. The van der Waals surface area contributed by atoms with Gasteiger partial charge in [-0.3, -0.25) is 0 Å². The van der Waals surface area contributed by atoms with E-state index in [2.05, 4.69) is 179 Å². The highest BCUT2D eigenvalue weighted by atomic mass is 14.1. The summed E-state index contributed by atoms with van der Waals surface area (Å²) in [5.74, 6) is 0. The third kappa shape index (κ3) is 13.4. The maximum Gasteiger partial charge on any atom is -0.0184 e. The Bertz CT molecular complexity index is 1970. The first-order chi connectivity index (χ1) is 24.9. The topological polar surface area (TPSA) is 0 Å². The Labute approximate surface area is 307 Å². The maximum absolute atomic E-state index is 2.20. The molecule has 7 rings (SSSR count). The van der Waals surface area contributed by atoms with Crippen LogP contribution in [0.4, 0.5) is 0 Å². The van der Waals surface area contributed by atoms with E-state index in [9.17, 15) is 0 Å². The monoisotopic (exact) mass is 662 g/mol. The molecule has 254 valence electrons. The predicted molar refractivity (Wildman–Crippen MR) is 225 cm³/mol. The molecule has 0 nitrogen and oxygen atoms in total. The summed E-state index contributed by atoms with van der Waals surface area (Å²) in [6, 6.07) is 67.8. The molecule has 0 bridgehead atoms. The molecule has 0 fully saturated rings. The Kier molecular flexibility index (Phi) is 15.7. The van der Waals surface area contributed by atoms with Crippen molar-refractivity contribution in [1.29, 1.82) is 0 Å². The second-order valence-electron chi connectivity index (χ2n) is 12.5. The van der Waals surface area contributed by atoms with Crippen molar-refractivity contribution in [1.82, 2.24) is 0 Å². The largest absolute Gasteiger partial charge is 0.0877 e. The Hall–Kier alpha value is -5.98. The Morgan fingerprint density at radius 2 is 0.529 bits per heavy atom. The summed E-state index contributed by atoms with van der Waals surface area (Å²) in [7, 11) is 0. The van der Waals surface area contributed by atoms with Crippen molar-refractivity contribution >= 4 is 0 Å². The average molecular weight is 663 g/mol. The fourth-order valence-corrected chi connectivity index (χ4v) is 5.14. The molecule has 0 saturated heterocycles. The van der Waals surface area contributed by atoms with Gasteiger partial charge >= 0.3 is 0 Å². The van der Waals surface area contributed by atoms with Crippen molar-refractivity contribution in [2.45, 2.75) is 34.6 Å². The minimum atomic E-state index is 1.25. The van der Waals surface area contributed by atoms with Crippen molar-refractivity contribution < 1.29 is 0 Å². The molecular formula is C51H50. The SMILES string of the molecule is C/C=C\C=C(C)C.Cc1ccc(-c2ccc(-c3ccc(-c4ccccc4)cc3)cc2)cc1.Cc1ccc(-c2ccccc2)cc1.c1ccccc1. The van der Waals surface area contributed by atoms with Gasteiger partial charge in [0, 0.05) is 0 Å². The third-order valence-corrected chi connectivity index (χ3v) is 8.04. The molecule has 0 aliphatic rings. The molecule has 0 N–H and O–H groups in total. The van der Waals surface area contributed by atoms with Crippen molar-refractivity contribution in [3.8, 4) is 44.5 Å². The summed E-state index contributed by atoms with van der Waals surface area (Å²) in [5.41, 5.74) is 14.0. The summed E-state index contributed by atoms with van der Waals surface area (Å²) in [6.45, 7) is 10.4. The van der Waals surface area contributed by atoms with E-state index in [1.807, 2.05) is 67.6 Å². The van der Waals surface area contributed by atoms with Crippen LogP contribution in [0.3, 0.4) is 0 Å². The minimum absolute atomic E-state index is 1.25. The molecule has 0 amide bonds. The van der Waals surface area contributed by atoms with Gasteiger partial charge in [0.2, 0.25) is 0 Å². The standard InChI is InChI=1S/C25H20.C13H12.C7H12.C6H6/c1-19-7-9-21(10-8-19)23-15-17-25(18-16-23)24-13-11-22(12-14-24)20-5-3-2-4-6-20;1-11-7-9-13(10-8-11)12-5-3-2-4-6-12;1-4-5-6-7(2)3;1-2-4-6-5-3-1/h2-18H,1H3;2-10H,1H3;4-6H,1-3H3;1-6H/b;;5-4-;. The molecule has 7 aromatic carbocycles. The average Bonchev–Trinajstić information content (AvgIpc) is 3.20. The summed E-state index contributed by atoms with van der Waals surface area (Å²) in [4.78, 5) is 0. The fourth-order valence-electron chi connectivity index (χ4n) is 5.14. The van der Waals surface area contributed by atoms with Crippen LogP contribution in [0.5, 0.6) is 0 Å². The van der Waals surface area contributed by atoms with E-state index in [4.69, 9.17) is 0 Å². The third-order valence-electron chi connectivity index (χ3n) is 8.04. The summed E-state index contributed by atoms with van der Waals surface area (Å²) in [5, 5.41) is 0. The van der Waals surface area contributed by atoms with Crippen molar-refractivity contribution in [2.24, 2.45) is 0 Å². The van der Waals surface area contributed by atoms with Gasteiger partial charge in [-0.05, 0) is 79.1 Å². The van der Waals surface area contributed by atoms with Gasteiger partial charge in [0.1, 0.15) is 0 Å². The molecule has 0 heterocycles. The number of hydrogen-bond donors (Lipinski definition) is 0. The first-order valence-corrected chi connectivity index (χ1v) is 17.6. The molecule has 7 aromatic rings. The molecule has 0 radical (unpaired) electrons. The van der Waals surface area contributed by atoms with E-state index >= 15 is 0 Å². The van der Waals surface area contributed by atoms with Crippen LogP contribution in [0, 0.1) is 13.8 Å². The number of benzene rings is 7. The summed E-state index contributed by atoms with van der Waals surface area (Å²) >= 11 is 0. The van der Waals surface area contributed by atoms with Gasteiger partial charge in [-0.2, -0.15) is 0 Å². The Morgan fingerprint density at radius 3 is 0.745 bits per heavy atom. The lowest BCUT2D eigenvalue weighted by molar-refractivity contribution is 1.39. The molecule has 0 spiro atoms. The van der Waals surface area contributed by atoms with Gasteiger partial charge in [0.05, 0.1) is 0 Å². The first kappa shape index (κ1) is 37.8. The lowest BCUT2D eigenvalue weighted by Crippen LogP contribution is -1.82. The zero-order chi connectivity index (χ0) is 36.1. The molecular weight excluding hydrogens is 613 g/mol. The van der Waals surface area contributed by atoms with Crippen LogP contribution in [0.2, 0.25) is 0 Å². The molecule has 0 saturated carbocycles. The zero-order valence-electron chi connectivity index (χ0n) is 30.7. The highest BCUT2D eigenvalue weighted by Crippen LogP contribution is 2.27. The van der Waals surface area contributed by atoms with Crippen molar-refractivity contribution in [2.75, 3.05) is 0 Å². The molecule has 0 aliphatic heterocycles. The number of aryl methyl sites for hydroxylation is 2. The van der Waals surface area contributed by atoms with E-state index in [0.717, 1.165) is 0 Å². The molecule has 0 aliphatic carbocycles. The van der Waals surface area contributed by atoms with E-state index in [0.29, 0.717) is 0 Å².